The van der Waals surface area contributed by atoms with Gasteiger partial charge in [0.05, 0.1) is 6.42 Å². The smallest absolute Gasteiger partial charge is 0.228 e. The second-order valence-corrected chi connectivity index (χ2v) is 6.44. The number of pyridine rings is 1. The molecular weight excluding hydrogens is 292 g/mol. The Hall–Kier alpha value is -0.900. The van der Waals surface area contributed by atoms with Gasteiger partial charge in [0.15, 0.2) is 0 Å². The number of rotatable bonds is 2. The molecule has 1 aliphatic carbocycles. The Labute approximate surface area is 116 Å². The number of aromatic nitrogens is 1. The van der Waals surface area contributed by atoms with E-state index in [-0.39, 0.29) is 5.91 Å². The summed E-state index contributed by atoms with van der Waals surface area (Å²) in [6, 6.07) is 3.85. The lowest BCUT2D eigenvalue weighted by atomic mass is 9.93. The topological polar surface area (TPSA) is 33.2 Å². The quantitative estimate of drug-likeness (QED) is 0.841. The molecule has 1 saturated heterocycles. The van der Waals surface area contributed by atoms with Crippen LogP contribution in [-0.4, -0.2) is 28.9 Å². The summed E-state index contributed by atoms with van der Waals surface area (Å²) in [7, 11) is 0. The minimum absolute atomic E-state index is 0.223. The maximum Gasteiger partial charge on any atom is 0.228 e. The van der Waals surface area contributed by atoms with Gasteiger partial charge in [-0.25, -0.2) is 0 Å². The number of halogens is 1. The lowest BCUT2D eigenvalue weighted by molar-refractivity contribution is -0.132. The van der Waals surface area contributed by atoms with E-state index in [1.165, 1.54) is 25.7 Å². The van der Waals surface area contributed by atoms with Gasteiger partial charge in [-0.15, -0.1) is 0 Å². The highest BCUT2D eigenvalue weighted by Gasteiger charge is 2.44. The normalized spacial score (nSPS) is 21.1. The van der Waals surface area contributed by atoms with Crippen LogP contribution in [0.3, 0.4) is 0 Å². The molecular formula is C14H17BrN2O. The highest BCUT2D eigenvalue weighted by atomic mass is 79.9. The van der Waals surface area contributed by atoms with Crippen LogP contribution < -0.4 is 0 Å². The average molecular weight is 309 g/mol. The maximum atomic E-state index is 12.2. The molecule has 1 amide bonds. The van der Waals surface area contributed by atoms with Crippen molar-refractivity contribution in [1.29, 1.82) is 0 Å². The predicted molar refractivity (Wildman–Crippen MR) is 73.1 cm³/mol. The molecule has 4 heteroatoms. The second-order valence-electron chi connectivity index (χ2n) is 5.53. The zero-order chi connectivity index (χ0) is 12.6. The molecule has 96 valence electrons. The standard InChI is InChI=1S/C14H17BrN2O/c15-11-1-2-12(16-10-11)9-13(18)17-7-5-14(3-4-14)6-8-17/h1-2,10H,3-9H2. The third-order valence-corrected chi connectivity index (χ3v) is 4.72. The van der Waals surface area contributed by atoms with Gasteiger partial charge in [-0.05, 0) is 59.2 Å². The first-order valence-electron chi connectivity index (χ1n) is 6.55. The van der Waals surface area contributed by atoms with E-state index in [0.29, 0.717) is 11.8 Å². The van der Waals surface area contributed by atoms with Gasteiger partial charge in [0.1, 0.15) is 0 Å². The van der Waals surface area contributed by atoms with Gasteiger partial charge < -0.3 is 4.90 Å². The van der Waals surface area contributed by atoms with Crippen molar-refractivity contribution in [3.63, 3.8) is 0 Å². The number of hydrogen-bond acceptors (Lipinski definition) is 2. The van der Waals surface area contributed by atoms with Crippen LogP contribution in [0.25, 0.3) is 0 Å². The zero-order valence-corrected chi connectivity index (χ0v) is 11.9. The summed E-state index contributed by atoms with van der Waals surface area (Å²) >= 11 is 3.35. The first kappa shape index (κ1) is 12.2. The second kappa shape index (κ2) is 4.65. The molecule has 2 heterocycles. The van der Waals surface area contributed by atoms with Crippen LogP contribution in [0.4, 0.5) is 0 Å². The van der Waals surface area contributed by atoms with Crippen molar-refractivity contribution in [2.75, 3.05) is 13.1 Å². The van der Waals surface area contributed by atoms with E-state index >= 15 is 0 Å². The van der Waals surface area contributed by atoms with Crippen LogP contribution in [0.5, 0.6) is 0 Å². The number of nitrogens with zero attached hydrogens (tertiary/aromatic N) is 2. The molecule has 0 aromatic carbocycles. The van der Waals surface area contributed by atoms with E-state index in [2.05, 4.69) is 20.9 Å². The molecule has 1 saturated carbocycles. The van der Waals surface area contributed by atoms with E-state index in [1.807, 2.05) is 17.0 Å². The molecule has 1 spiro atoms. The lowest BCUT2D eigenvalue weighted by Gasteiger charge is -2.32. The number of amides is 1. The number of likely N-dealkylation sites (tertiary alicyclic amines) is 1. The summed E-state index contributed by atoms with van der Waals surface area (Å²) in [5.41, 5.74) is 1.49. The fraction of sp³-hybridized carbons (Fsp3) is 0.571. The van der Waals surface area contributed by atoms with Gasteiger partial charge in [0, 0.05) is 29.5 Å². The van der Waals surface area contributed by atoms with Crippen LogP contribution in [0.1, 0.15) is 31.4 Å². The highest BCUT2D eigenvalue weighted by Crippen LogP contribution is 2.53. The van der Waals surface area contributed by atoms with Gasteiger partial charge in [-0.3, -0.25) is 9.78 Å². The van der Waals surface area contributed by atoms with E-state index < -0.39 is 0 Å². The van der Waals surface area contributed by atoms with Gasteiger partial charge >= 0.3 is 0 Å². The molecule has 0 unspecified atom stereocenters. The fourth-order valence-electron chi connectivity index (χ4n) is 2.68. The third kappa shape index (κ3) is 2.58. The largest absolute Gasteiger partial charge is 0.342 e. The molecule has 1 aliphatic heterocycles. The van der Waals surface area contributed by atoms with Crippen LogP contribution in [0.2, 0.25) is 0 Å². The summed E-state index contributed by atoms with van der Waals surface area (Å²) in [4.78, 5) is 18.4. The van der Waals surface area contributed by atoms with Crippen molar-refractivity contribution in [2.24, 2.45) is 5.41 Å². The Balaban J connectivity index is 1.56. The Morgan fingerprint density at radius 3 is 2.56 bits per heavy atom. The van der Waals surface area contributed by atoms with E-state index in [4.69, 9.17) is 0 Å². The minimum atomic E-state index is 0.223. The van der Waals surface area contributed by atoms with Gasteiger partial charge in [0.25, 0.3) is 0 Å². The highest BCUT2D eigenvalue weighted by molar-refractivity contribution is 9.10. The van der Waals surface area contributed by atoms with Crippen molar-refractivity contribution in [3.05, 3.63) is 28.5 Å². The van der Waals surface area contributed by atoms with Crippen molar-refractivity contribution in [2.45, 2.75) is 32.1 Å². The molecule has 1 aromatic rings. The summed E-state index contributed by atoms with van der Waals surface area (Å²) in [6.07, 6.45) is 7.34. The molecule has 2 fully saturated rings. The number of carbonyl (C=O) groups is 1. The number of carbonyl (C=O) groups excluding carboxylic acids is 1. The monoisotopic (exact) mass is 308 g/mol. The Bertz CT molecular complexity index is 443. The Morgan fingerprint density at radius 1 is 1.28 bits per heavy atom. The Kier molecular flexibility index (Phi) is 3.14. The van der Waals surface area contributed by atoms with E-state index in [1.54, 1.807) is 6.20 Å². The van der Waals surface area contributed by atoms with Crippen molar-refractivity contribution < 1.29 is 4.79 Å². The third-order valence-electron chi connectivity index (χ3n) is 4.25. The summed E-state index contributed by atoms with van der Waals surface area (Å²) in [5, 5.41) is 0. The SMILES string of the molecule is O=C(Cc1ccc(Br)cn1)N1CCC2(CC1)CC2. The summed E-state index contributed by atoms with van der Waals surface area (Å²) < 4.78 is 0.951. The molecule has 0 bridgehead atoms. The van der Waals surface area contributed by atoms with E-state index in [0.717, 1.165) is 23.3 Å². The molecule has 1 aromatic heterocycles. The van der Waals surface area contributed by atoms with Crippen LogP contribution in [0, 0.1) is 5.41 Å². The van der Waals surface area contributed by atoms with Crippen molar-refractivity contribution in [3.8, 4) is 0 Å². The number of piperidine rings is 1. The molecule has 3 rings (SSSR count). The van der Waals surface area contributed by atoms with Crippen molar-refractivity contribution in [1.82, 2.24) is 9.88 Å². The lowest BCUT2D eigenvalue weighted by Crippen LogP contribution is -2.39. The van der Waals surface area contributed by atoms with Crippen LogP contribution >= 0.6 is 15.9 Å². The molecule has 0 N–H and O–H groups in total. The fourth-order valence-corrected chi connectivity index (χ4v) is 2.92. The summed E-state index contributed by atoms with van der Waals surface area (Å²) in [5.74, 6) is 0.223. The molecule has 0 atom stereocenters. The van der Waals surface area contributed by atoms with Crippen LogP contribution in [-0.2, 0) is 11.2 Å². The first-order chi connectivity index (χ1) is 8.67. The predicted octanol–water partition coefficient (Wildman–Crippen LogP) is 2.79. The van der Waals surface area contributed by atoms with Crippen molar-refractivity contribution >= 4 is 21.8 Å². The number of hydrogen-bond donors (Lipinski definition) is 0. The maximum absolute atomic E-state index is 12.2. The molecule has 0 radical (unpaired) electrons. The molecule has 18 heavy (non-hydrogen) atoms. The van der Waals surface area contributed by atoms with E-state index in [9.17, 15) is 4.79 Å². The first-order valence-corrected chi connectivity index (χ1v) is 7.34. The minimum Gasteiger partial charge on any atom is -0.342 e. The molecule has 2 aliphatic rings. The van der Waals surface area contributed by atoms with Crippen LogP contribution in [0.15, 0.2) is 22.8 Å². The zero-order valence-electron chi connectivity index (χ0n) is 10.4. The molecule has 3 nitrogen and oxygen atoms in total. The van der Waals surface area contributed by atoms with Gasteiger partial charge in [-0.2, -0.15) is 0 Å². The Morgan fingerprint density at radius 2 is 2.00 bits per heavy atom. The average Bonchev–Trinajstić information content (AvgIpc) is 3.12. The van der Waals surface area contributed by atoms with Gasteiger partial charge in [0.2, 0.25) is 5.91 Å². The van der Waals surface area contributed by atoms with Gasteiger partial charge in [-0.1, -0.05) is 0 Å². The summed E-state index contributed by atoms with van der Waals surface area (Å²) in [6.45, 7) is 1.88.